The maximum absolute atomic E-state index is 4.98. The molecule has 26 heavy (non-hydrogen) atoms. The molecule has 0 aliphatic carbocycles. The van der Waals surface area contributed by atoms with Gasteiger partial charge in [-0.15, -0.1) is 0 Å². The quantitative estimate of drug-likeness (QED) is 0.185. The van der Waals surface area contributed by atoms with Crippen molar-refractivity contribution in [3.8, 4) is 0 Å². The second-order valence-corrected chi connectivity index (χ2v) is 7.98. The molecule has 2 nitrogen and oxygen atoms in total. The molecule has 0 amide bonds. The third-order valence-electron chi connectivity index (χ3n) is 3.64. The second-order valence-electron chi connectivity index (χ2n) is 5.92. The van der Waals surface area contributed by atoms with Crippen molar-refractivity contribution in [2.45, 2.75) is 79.1 Å². The first-order chi connectivity index (χ1) is 11.4. The maximum Gasteiger partial charge on any atom is 1.00 e. The maximum atomic E-state index is 4.98. The zero-order valence-corrected chi connectivity index (χ0v) is 21.8. The molecule has 0 rings (SSSR count). The van der Waals surface area contributed by atoms with Crippen molar-refractivity contribution in [2.75, 3.05) is 26.2 Å². The zero-order chi connectivity index (χ0) is 18.8. The van der Waals surface area contributed by atoms with Gasteiger partial charge in [0.1, 0.15) is 0 Å². The average molecular weight is 536 g/mol. The minimum absolute atomic E-state index is 0. The zero-order valence-electron chi connectivity index (χ0n) is 16.6. The summed E-state index contributed by atoms with van der Waals surface area (Å²) in [5.74, 6) is 0. The molecule has 0 N–H and O–H groups in total. The van der Waals surface area contributed by atoms with E-state index in [2.05, 4.69) is 37.5 Å². The molecule has 0 aromatic carbocycles. The van der Waals surface area contributed by atoms with Crippen molar-refractivity contribution in [1.29, 1.82) is 0 Å². The summed E-state index contributed by atoms with van der Waals surface area (Å²) in [6.45, 7) is 12.9. The Labute approximate surface area is 206 Å². The molecule has 8 heteroatoms. The molecule has 0 unspecified atom stereocenters. The van der Waals surface area contributed by atoms with Gasteiger partial charge in [-0.1, -0.05) is 62.0 Å². The molecule has 0 aliphatic heterocycles. The van der Waals surface area contributed by atoms with Crippen LogP contribution in [-0.2, 0) is 59.4 Å². The number of nitrogens with zero attached hydrogens (tertiary/aromatic N) is 2. The molecule has 0 heterocycles. The van der Waals surface area contributed by atoms with Gasteiger partial charge in [-0.05, 0) is 25.7 Å². The Balaban J connectivity index is -0.000000173. The normalized spacial score (nSPS) is 9.08. The van der Waals surface area contributed by atoms with E-state index in [1.165, 1.54) is 51.4 Å². The standard InChI is InChI=1S/2C9H19NS2.2Cu/c2*1-3-5-7-10(9(11)12)8-6-4-2;;/h2*3-8H2,1-2H3,(H,11,12);;/q;;2*+1/p-2. The molecule has 0 saturated heterocycles. The SMILES string of the molecule is CCCCN(CCCC)C(=S)[S-].CCCCN(CCCC)C(=S)[S-].[Cu+].[Cu+]. The van der Waals surface area contributed by atoms with Gasteiger partial charge in [0.05, 0.1) is 0 Å². The molecule has 0 atom stereocenters. The van der Waals surface area contributed by atoms with Gasteiger partial charge in [-0.2, -0.15) is 0 Å². The van der Waals surface area contributed by atoms with Crippen molar-refractivity contribution in [2.24, 2.45) is 0 Å². The molecule has 0 saturated carbocycles. The van der Waals surface area contributed by atoms with Crippen LogP contribution in [0.25, 0.3) is 0 Å². The van der Waals surface area contributed by atoms with Crippen molar-refractivity contribution in [3.63, 3.8) is 0 Å². The summed E-state index contributed by atoms with van der Waals surface area (Å²) in [4.78, 5) is 4.27. The third-order valence-corrected chi connectivity index (χ3v) is 4.68. The van der Waals surface area contributed by atoms with E-state index in [0.29, 0.717) is 8.64 Å². The van der Waals surface area contributed by atoms with E-state index in [-0.39, 0.29) is 34.1 Å². The van der Waals surface area contributed by atoms with Crippen LogP contribution in [0.1, 0.15) is 79.1 Å². The molecule has 164 valence electrons. The number of thiocarbonyl (C=S) groups is 2. The molecular weight excluding hydrogens is 500 g/mol. The first-order valence-electron chi connectivity index (χ1n) is 9.36. The van der Waals surface area contributed by atoms with Gasteiger partial charge in [0.15, 0.2) is 0 Å². The van der Waals surface area contributed by atoms with Gasteiger partial charge in [0, 0.05) is 26.2 Å². The van der Waals surface area contributed by atoms with E-state index in [1.807, 2.05) is 0 Å². The molecule has 0 aromatic rings. The molecule has 0 aromatic heterocycles. The van der Waals surface area contributed by atoms with Crippen LogP contribution in [0, 0.1) is 0 Å². The van der Waals surface area contributed by atoms with E-state index in [9.17, 15) is 0 Å². The van der Waals surface area contributed by atoms with Crippen LogP contribution in [0.15, 0.2) is 0 Å². The van der Waals surface area contributed by atoms with Gasteiger partial charge >= 0.3 is 34.1 Å². The van der Waals surface area contributed by atoms with Crippen LogP contribution in [-0.4, -0.2) is 44.6 Å². The Kier molecular flexibility index (Phi) is 35.1. The van der Waals surface area contributed by atoms with Gasteiger partial charge < -0.3 is 59.5 Å². The number of rotatable bonds is 12. The van der Waals surface area contributed by atoms with Crippen LogP contribution >= 0.6 is 24.4 Å². The van der Waals surface area contributed by atoms with Gasteiger partial charge in [-0.3, -0.25) is 0 Å². The second kappa shape index (κ2) is 26.3. The van der Waals surface area contributed by atoms with Crippen molar-refractivity contribution in [3.05, 3.63) is 0 Å². The minimum atomic E-state index is 0. The monoisotopic (exact) mass is 534 g/mol. The molecule has 0 fully saturated rings. The van der Waals surface area contributed by atoms with E-state index in [4.69, 9.17) is 49.7 Å². The Hall–Kier alpha value is 1.26. The Morgan fingerprint density at radius 3 is 0.885 bits per heavy atom. The Bertz CT molecular complexity index is 276. The summed E-state index contributed by atoms with van der Waals surface area (Å²) >= 11 is 19.9. The van der Waals surface area contributed by atoms with E-state index in [1.54, 1.807) is 0 Å². The van der Waals surface area contributed by atoms with Crippen LogP contribution in [0.2, 0.25) is 0 Å². The first-order valence-corrected chi connectivity index (χ1v) is 11.0. The molecule has 0 radical (unpaired) electrons. The number of hydrogen-bond acceptors (Lipinski definition) is 4. The summed E-state index contributed by atoms with van der Waals surface area (Å²) in [5.41, 5.74) is 0. The van der Waals surface area contributed by atoms with Crippen LogP contribution in [0.4, 0.5) is 0 Å². The average Bonchev–Trinajstić information content (AvgIpc) is 2.55. The summed E-state index contributed by atoms with van der Waals surface area (Å²) in [6, 6.07) is 0. The summed E-state index contributed by atoms with van der Waals surface area (Å²) in [6.07, 6.45) is 9.62. The van der Waals surface area contributed by atoms with Crippen LogP contribution in [0.3, 0.4) is 0 Å². The molecule has 0 spiro atoms. The van der Waals surface area contributed by atoms with Crippen LogP contribution < -0.4 is 0 Å². The summed E-state index contributed by atoms with van der Waals surface area (Å²) < 4.78 is 1.27. The topological polar surface area (TPSA) is 6.48 Å². The van der Waals surface area contributed by atoms with Crippen LogP contribution in [0.5, 0.6) is 0 Å². The summed E-state index contributed by atoms with van der Waals surface area (Å²) in [7, 11) is 0. The van der Waals surface area contributed by atoms with E-state index < -0.39 is 0 Å². The fourth-order valence-electron chi connectivity index (χ4n) is 1.98. The van der Waals surface area contributed by atoms with Gasteiger partial charge in [0.25, 0.3) is 0 Å². The van der Waals surface area contributed by atoms with Gasteiger partial charge in [-0.25, -0.2) is 0 Å². The predicted octanol–water partition coefficient (Wildman–Crippen LogP) is 5.44. The smallest absolute Gasteiger partial charge is 0.411 e. The van der Waals surface area contributed by atoms with Gasteiger partial charge in [0.2, 0.25) is 0 Å². The fraction of sp³-hybridized carbons (Fsp3) is 0.889. The molecule has 0 aliphatic rings. The molecular formula is C18H36Cu2N2S4. The Morgan fingerprint density at radius 2 is 0.769 bits per heavy atom. The number of hydrogen-bond donors (Lipinski definition) is 0. The first kappa shape index (κ1) is 34.7. The largest absolute Gasteiger partial charge is 1.00 e. The Morgan fingerprint density at radius 1 is 0.577 bits per heavy atom. The van der Waals surface area contributed by atoms with Crippen molar-refractivity contribution in [1.82, 2.24) is 9.80 Å². The summed E-state index contributed by atoms with van der Waals surface area (Å²) in [5, 5.41) is 0. The van der Waals surface area contributed by atoms with E-state index >= 15 is 0 Å². The predicted molar refractivity (Wildman–Crippen MR) is 123 cm³/mol. The number of unbranched alkanes of at least 4 members (excludes halogenated alkanes) is 4. The third kappa shape index (κ3) is 23.3. The van der Waals surface area contributed by atoms with Crippen molar-refractivity contribution >= 4 is 58.3 Å². The minimum Gasteiger partial charge on any atom is -0.411 e. The van der Waals surface area contributed by atoms with E-state index in [0.717, 1.165) is 26.2 Å². The van der Waals surface area contributed by atoms with Crippen molar-refractivity contribution < 1.29 is 34.1 Å². The molecule has 0 bridgehead atoms. The fourth-order valence-corrected chi connectivity index (χ4v) is 2.71.